The molecule has 158 valence electrons. The van der Waals surface area contributed by atoms with Crippen molar-refractivity contribution in [2.75, 3.05) is 11.9 Å². The molecule has 0 fully saturated rings. The van der Waals surface area contributed by atoms with Gasteiger partial charge in [-0.05, 0) is 68.2 Å². The summed E-state index contributed by atoms with van der Waals surface area (Å²) >= 11 is 5.11. The fourth-order valence-corrected chi connectivity index (χ4v) is 2.94. The predicted molar refractivity (Wildman–Crippen MR) is 120 cm³/mol. The number of carbonyl (C=O) groups is 3. The Morgan fingerprint density at radius 3 is 2.30 bits per heavy atom. The van der Waals surface area contributed by atoms with Crippen molar-refractivity contribution in [1.82, 2.24) is 5.32 Å². The van der Waals surface area contributed by atoms with Crippen LogP contribution in [0, 0.1) is 0 Å². The Morgan fingerprint density at radius 1 is 0.933 bits per heavy atom. The number of nitrogens with one attached hydrogen (secondary N) is 2. The van der Waals surface area contributed by atoms with Crippen molar-refractivity contribution in [3.63, 3.8) is 0 Å². The van der Waals surface area contributed by atoms with Crippen molar-refractivity contribution in [3.8, 4) is 0 Å². The van der Waals surface area contributed by atoms with E-state index in [2.05, 4.69) is 10.6 Å². The number of anilines is 1. The molecule has 2 aromatic carbocycles. The quantitative estimate of drug-likeness (QED) is 0.258. The topological polar surface area (TPSA) is 84.5 Å². The van der Waals surface area contributed by atoms with E-state index in [0.717, 1.165) is 12.8 Å². The monoisotopic (exact) mass is 426 g/mol. The van der Waals surface area contributed by atoms with Gasteiger partial charge in [0.25, 0.3) is 0 Å². The molecule has 0 saturated heterocycles. The molecule has 0 unspecified atom stereocenters. The third kappa shape index (κ3) is 8.96. The molecule has 2 N–H and O–H groups in total. The Morgan fingerprint density at radius 2 is 1.63 bits per heavy atom. The second-order valence-electron chi connectivity index (χ2n) is 6.80. The van der Waals surface area contributed by atoms with Crippen molar-refractivity contribution in [2.45, 2.75) is 39.0 Å². The van der Waals surface area contributed by atoms with Gasteiger partial charge in [-0.1, -0.05) is 30.3 Å². The van der Waals surface area contributed by atoms with Crippen LogP contribution in [-0.4, -0.2) is 29.4 Å². The first-order valence-electron chi connectivity index (χ1n) is 9.85. The molecule has 0 radical (unpaired) electrons. The van der Waals surface area contributed by atoms with Crippen LogP contribution in [0.2, 0.25) is 0 Å². The van der Waals surface area contributed by atoms with E-state index in [9.17, 15) is 14.4 Å². The summed E-state index contributed by atoms with van der Waals surface area (Å²) in [7, 11) is 0. The molecule has 0 saturated carbocycles. The summed E-state index contributed by atoms with van der Waals surface area (Å²) in [5.41, 5.74) is 2.48. The van der Waals surface area contributed by atoms with Crippen LogP contribution in [0.3, 0.4) is 0 Å². The SMILES string of the molecule is CC(=O)c1ccc(NC(=S)NC(=O)CCCC(=O)OCCCc2ccccc2)cc1. The first-order valence-corrected chi connectivity index (χ1v) is 10.3. The minimum absolute atomic E-state index is 0.0212. The predicted octanol–water partition coefficient (Wildman–Crippen LogP) is 4.05. The maximum atomic E-state index is 12.0. The van der Waals surface area contributed by atoms with Crippen LogP contribution in [0.5, 0.6) is 0 Å². The normalized spacial score (nSPS) is 10.2. The summed E-state index contributed by atoms with van der Waals surface area (Å²) < 4.78 is 5.20. The van der Waals surface area contributed by atoms with E-state index in [1.54, 1.807) is 24.3 Å². The molecule has 0 aliphatic heterocycles. The van der Waals surface area contributed by atoms with Gasteiger partial charge in [-0.2, -0.15) is 0 Å². The molecule has 0 bridgehead atoms. The van der Waals surface area contributed by atoms with Gasteiger partial charge in [0.1, 0.15) is 0 Å². The van der Waals surface area contributed by atoms with E-state index in [1.807, 2.05) is 30.3 Å². The Balaban J connectivity index is 1.56. The largest absolute Gasteiger partial charge is 0.466 e. The van der Waals surface area contributed by atoms with Crippen molar-refractivity contribution < 1.29 is 19.1 Å². The molecule has 2 rings (SSSR count). The van der Waals surface area contributed by atoms with Gasteiger partial charge in [-0.25, -0.2) is 0 Å². The highest BCUT2D eigenvalue weighted by Gasteiger charge is 2.08. The fraction of sp³-hybridized carbons (Fsp3) is 0.304. The minimum Gasteiger partial charge on any atom is -0.466 e. The lowest BCUT2D eigenvalue weighted by Crippen LogP contribution is -2.34. The summed E-state index contributed by atoms with van der Waals surface area (Å²) in [6, 6.07) is 16.8. The smallest absolute Gasteiger partial charge is 0.305 e. The van der Waals surface area contributed by atoms with E-state index >= 15 is 0 Å². The average Bonchev–Trinajstić information content (AvgIpc) is 2.72. The van der Waals surface area contributed by atoms with Gasteiger partial charge in [0.15, 0.2) is 10.9 Å². The van der Waals surface area contributed by atoms with Gasteiger partial charge in [0.05, 0.1) is 6.61 Å². The van der Waals surface area contributed by atoms with Crippen LogP contribution in [0.25, 0.3) is 0 Å². The lowest BCUT2D eigenvalue weighted by Gasteiger charge is -2.10. The molecule has 0 aromatic heterocycles. The molecular formula is C23H26N2O4S. The number of esters is 1. The van der Waals surface area contributed by atoms with Crippen LogP contribution in [0.1, 0.15) is 48.5 Å². The van der Waals surface area contributed by atoms with E-state index < -0.39 is 0 Å². The number of benzene rings is 2. The van der Waals surface area contributed by atoms with Crippen LogP contribution in [0.15, 0.2) is 54.6 Å². The number of thiocarbonyl (C=S) groups is 1. The summed E-state index contributed by atoms with van der Waals surface area (Å²) in [6.07, 6.45) is 2.37. The number of amides is 1. The van der Waals surface area contributed by atoms with Gasteiger partial charge < -0.3 is 15.4 Å². The summed E-state index contributed by atoms with van der Waals surface area (Å²) in [5.74, 6) is -0.598. The standard InChI is InChI=1S/C23H26N2O4S/c1-17(26)19-12-14-20(15-13-19)24-23(30)25-21(27)10-5-11-22(28)29-16-6-9-18-7-3-2-4-8-18/h2-4,7-8,12-15H,5-6,9-11,16H2,1H3,(H2,24,25,27,30). The van der Waals surface area contributed by atoms with Crippen molar-refractivity contribution in [1.29, 1.82) is 0 Å². The number of ketones is 1. The van der Waals surface area contributed by atoms with E-state index in [-0.39, 0.29) is 35.6 Å². The van der Waals surface area contributed by atoms with Crippen LogP contribution < -0.4 is 10.6 Å². The Hall–Kier alpha value is -3.06. The number of hydrogen-bond donors (Lipinski definition) is 2. The summed E-state index contributed by atoms with van der Waals surface area (Å²) in [5, 5.41) is 5.62. The molecule has 0 aliphatic rings. The first kappa shape index (κ1) is 23.2. The number of rotatable bonds is 10. The second kappa shape index (κ2) is 12.5. The van der Waals surface area contributed by atoms with E-state index in [0.29, 0.717) is 24.3 Å². The number of aryl methyl sites for hydroxylation is 1. The maximum absolute atomic E-state index is 12.0. The lowest BCUT2D eigenvalue weighted by atomic mass is 10.1. The molecule has 0 atom stereocenters. The molecule has 0 aliphatic carbocycles. The Labute approximate surface area is 182 Å². The highest BCUT2D eigenvalue weighted by atomic mass is 32.1. The Kier molecular flexibility index (Phi) is 9.67. The van der Waals surface area contributed by atoms with Crippen LogP contribution in [0.4, 0.5) is 5.69 Å². The van der Waals surface area contributed by atoms with Gasteiger partial charge in [0.2, 0.25) is 5.91 Å². The van der Waals surface area contributed by atoms with Gasteiger partial charge in [-0.3, -0.25) is 14.4 Å². The van der Waals surface area contributed by atoms with E-state index in [4.69, 9.17) is 17.0 Å². The van der Waals surface area contributed by atoms with E-state index in [1.165, 1.54) is 12.5 Å². The average molecular weight is 427 g/mol. The third-order valence-electron chi connectivity index (χ3n) is 4.30. The van der Waals surface area contributed by atoms with Crippen LogP contribution >= 0.6 is 12.2 Å². The van der Waals surface area contributed by atoms with Crippen molar-refractivity contribution in [3.05, 3.63) is 65.7 Å². The zero-order chi connectivity index (χ0) is 21.8. The lowest BCUT2D eigenvalue weighted by molar-refractivity contribution is -0.143. The highest BCUT2D eigenvalue weighted by molar-refractivity contribution is 7.80. The van der Waals surface area contributed by atoms with Crippen molar-refractivity contribution >= 4 is 40.7 Å². The van der Waals surface area contributed by atoms with Gasteiger partial charge in [-0.15, -0.1) is 0 Å². The molecule has 1 amide bonds. The number of Topliss-reactive ketones (excluding diaryl/α,β-unsaturated/α-hetero) is 1. The van der Waals surface area contributed by atoms with Crippen molar-refractivity contribution in [2.24, 2.45) is 0 Å². The molecule has 0 heterocycles. The minimum atomic E-state index is -0.304. The summed E-state index contributed by atoms with van der Waals surface area (Å²) in [6.45, 7) is 1.87. The van der Waals surface area contributed by atoms with Gasteiger partial charge in [0, 0.05) is 24.1 Å². The maximum Gasteiger partial charge on any atom is 0.305 e. The first-order chi connectivity index (χ1) is 14.4. The van der Waals surface area contributed by atoms with Gasteiger partial charge >= 0.3 is 5.97 Å². The van der Waals surface area contributed by atoms with Crippen LogP contribution in [-0.2, 0) is 20.7 Å². The summed E-state index contributed by atoms with van der Waals surface area (Å²) in [4.78, 5) is 35.0. The molecule has 0 spiro atoms. The molecular weight excluding hydrogens is 400 g/mol. The third-order valence-corrected chi connectivity index (χ3v) is 4.51. The number of ether oxygens (including phenoxy) is 1. The highest BCUT2D eigenvalue weighted by Crippen LogP contribution is 2.10. The number of carbonyl (C=O) groups excluding carboxylic acids is 3. The zero-order valence-corrected chi connectivity index (χ0v) is 17.8. The Bertz CT molecular complexity index is 867. The number of hydrogen-bond acceptors (Lipinski definition) is 5. The molecule has 2 aromatic rings. The molecule has 7 heteroatoms. The fourth-order valence-electron chi connectivity index (χ4n) is 2.71. The second-order valence-corrected chi connectivity index (χ2v) is 7.21. The molecule has 30 heavy (non-hydrogen) atoms. The molecule has 6 nitrogen and oxygen atoms in total. The zero-order valence-electron chi connectivity index (χ0n) is 17.0.